The number of benzene rings is 7. The molecule has 0 radical (unpaired) electrons. The summed E-state index contributed by atoms with van der Waals surface area (Å²) in [5.74, 6) is 0. The van der Waals surface area contributed by atoms with Crippen molar-refractivity contribution in [2.24, 2.45) is 0 Å². The van der Waals surface area contributed by atoms with Gasteiger partial charge in [-0.3, -0.25) is 0 Å². The second kappa shape index (κ2) is 8.31. The Hall–Kier alpha value is -6.06. The van der Waals surface area contributed by atoms with E-state index in [0.717, 1.165) is 44.4 Å². The SMILES string of the molecule is c1cc(-c2cccc3oc4ccccc4c23)cc(-n2c3cccc4c5ccccc5c5cccc6oc7ccc2c(c7c65)c43)c1. The standard InChI is InChI=1S/C42H23NO2/c1-2-12-28-27(11-1)29-15-6-17-32-39(29)41-33(21-22-37-42(41)40-30(28)16-8-20-36(40)45-37)43(32)25-10-5-9-24(23-25)26-14-7-19-35-38(26)31-13-3-4-18-34(31)44-35/h1-23H. The summed E-state index contributed by atoms with van der Waals surface area (Å²) in [6.45, 7) is 0. The number of hydrogen-bond donors (Lipinski definition) is 0. The van der Waals surface area contributed by atoms with Crippen LogP contribution in [0.25, 0.3) is 104 Å². The fourth-order valence-corrected chi connectivity index (χ4v) is 7.96. The second-order valence-electron chi connectivity index (χ2n) is 12.0. The fourth-order valence-electron chi connectivity index (χ4n) is 7.96. The Kier molecular flexibility index (Phi) is 4.32. The highest BCUT2D eigenvalue weighted by atomic mass is 16.3. The Balaban J connectivity index is 1.30. The summed E-state index contributed by atoms with van der Waals surface area (Å²) in [6, 6.07) is 49.9. The van der Waals surface area contributed by atoms with Crippen LogP contribution in [0, 0.1) is 0 Å². The van der Waals surface area contributed by atoms with Crippen molar-refractivity contribution in [3.05, 3.63) is 140 Å². The highest BCUT2D eigenvalue weighted by Gasteiger charge is 2.23. The molecule has 11 rings (SSSR count). The van der Waals surface area contributed by atoms with Crippen LogP contribution >= 0.6 is 0 Å². The monoisotopic (exact) mass is 573 g/mol. The molecule has 0 spiro atoms. The molecule has 0 amide bonds. The molecule has 0 aliphatic heterocycles. The van der Waals surface area contributed by atoms with Gasteiger partial charge in [-0.05, 0) is 81.2 Å². The summed E-state index contributed by atoms with van der Waals surface area (Å²) < 4.78 is 15.2. The van der Waals surface area contributed by atoms with Crippen molar-refractivity contribution >= 4 is 87.2 Å². The first kappa shape index (κ1) is 23.4. The number of fused-ring (bicyclic) bond motifs is 6. The lowest BCUT2D eigenvalue weighted by molar-refractivity contribution is 0.669. The quantitative estimate of drug-likeness (QED) is 0.206. The number of aromatic nitrogens is 1. The van der Waals surface area contributed by atoms with Crippen molar-refractivity contribution in [2.75, 3.05) is 0 Å². The predicted octanol–water partition coefficient (Wildman–Crippen LogP) is 12.0. The number of furan rings is 2. The molecule has 0 saturated carbocycles. The molecule has 0 N–H and O–H groups in total. The zero-order valence-electron chi connectivity index (χ0n) is 24.0. The van der Waals surface area contributed by atoms with Gasteiger partial charge in [-0.25, -0.2) is 0 Å². The van der Waals surface area contributed by atoms with Gasteiger partial charge in [0.25, 0.3) is 0 Å². The van der Waals surface area contributed by atoms with Crippen LogP contribution < -0.4 is 0 Å². The van der Waals surface area contributed by atoms with Crippen LogP contribution in [0.5, 0.6) is 0 Å². The zero-order chi connectivity index (χ0) is 29.2. The third kappa shape index (κ3) is 2.95. The second-order valence-corrected chi connectivity index (χ2v) is 12.0. The molecular weight excluding hydrogens is 550 g/mol. The van der Waals surface area contributed by atoms with Gasteiger partial charge in [0.15, 0.2) is 0 Å². The average Bonchev–Trinajstić information content (AvgIpc) is 3.77. The summed E-state index contributed by atoms with van der Waals surface area (Å²) in [4.78, 5) is 0. The third-order valence-electron chi connectivity index (χ3n) is 9.74. The Bertz CT molecular complexity index is 2990. The molecule has 3 nitrogen and oxygen atoms in total. The first-order valence-electron chi connectivity index (χ1n) is 15.4. The molecular formula is C42H23NO2. The van der Waals surface area contributed by atoms with E-state index in [9.17, 15) is 0 Å². The normalized spacial score (nSPS) is 12.4. The van der Waals surface area contributed by atoms with Gasteiger partial charge in [0, 0.05) is 38.0 Å². The van der Waals surface area contributed by atoms with E-state index in [-0.39, 0.29) is 0 Å². The van der Waals surface area contributed by atoms with Gasteiger partial charge in [0.2, 0.25) is 0 Å². The van der Waals surface area contributed by atoms with Gasteiger partial charge < -0.3 is 13.4 Å². The van der Waals surface area contributed by atoms with Gasteiger partial charge >= 0.3 is 0 Å². The lowest BCUT2D eigenvalue weighted by atomic mass is 9.95. The van der Waals surface area contributed by atoms with Gasteiger partial charge in [-0.2, -0.15) is 0 Å². The first-order valence-corrected chi connectivity index (χ1v) is 15.4. The van der Waals surface area contributed by atoms with Crippen LogP contribution in [0.2, 0.25) is 0 Å². The zero-order valence-corrected chi connectivity index (χ0v) is 24.0. The number of para-hydroxylation sites is 1. The summed E-state index contributed by atoms with van der Waals surface area (Å²) in [7, 11) is 0. The molecule has 0 atom stereocenters. The van der Waals surface area contributed by atoms with Gasteiger partial charge in [-0.1, -0.05) is 91.0 Å². The van der Waals surface area contributed by atoms with Crippen molar-refractivity contribution < 1.29 is 8.83 Å². The molecule has 0 bridgehead atoms. The summed E-state index contributed by atoms with van der Waals surface area (Å²) in [5.41, 5.74) is 9.46. The molecule has 3 heteroatoms. The molecule has 8 aromatic carbocycles. The number of rotatable bonds is 2. The maximum Gasteiger partial charge on any atom is 0.136 e. The predicted molar refractivity (Wildman–Crippen MR) is 187 cm³/mol. The molecule has 0 saturated heterocycles. The molecule has 11 aromatic rings. The maximum atomic E-state index is 6.53. The van der Waals surface area contributed by atoms with E-state index in [0.29, 0.717) is 0 Å². The van der Waals surface area contributed by atoms with Crippen LogP contribution in [0.4, 0.5) is 0 Å². The average molecular weight is 574 g/mol. The Morgan fingerprint density at radius 3 is 1.82 bits per heavy atom. The first-order chi connectivity index (χ1) is 22.3. The highest BCUT2D eigenvalue weighted by Crippen LogP contribution is 2.47. The maximum absolute atomic E-state index is 6.53. The molecule has 3 aromatic heterocycles. The van der Waals surface area contributed by atoms with Crippen LogP contribution in [0.15, 0.2) is 148 Å². The molecule has 0 aliphatic rings. The Morgan fingerprint density at radius 1 is 0.356 bits per heavy atom. The lowest BCUT2D eigenvalue weighted by Crippen LogP contribution is -1.94. The lowest BCUT2D eigenvalue weighted by Gasteiger charge is -2.11. The minimum Gasteiger partial charge on any atom is -0.456 e. The van der Waals surface area contributed by atoms with Crippen LogP contribution in [0.3, 0.4) is 0 Å². The fraction of sp³-hybridized carbons (Fsp3) is 0. The van der Waals surface area contributed by atoms with E-state index in [4.69, 9.17) is 8.83 Å². The van der Waals surface area contributed by atoms with Crippen molar-refractivity contribution in [3.8, 4) is 16.8 Å². The highest BCUT2D eigenvalue weighted by molar-refractivity contribution is 6.38. The summed E-state index contributed by atoms with van der Waals surface area (Å²) in [6.07, 6.45) is 0. The molecule has 0 fully saturated rings. The minimum absolute atomic E-state index is 0.905. The largest absolute Gasteiger partial charge is 0.456 e. The van der Waals surface area contributed by atoms with Crippen molar-refractivity contribution in [1.29, 1.82) is 0 Å². The summed E-state index contributed by atoms with van der Waals surface area (Å²) >= 11 is 0. The topological polar surface area (TPSA) is 31.2 Å². The van der Waals surface area contributed by atoms with Crippen LogP contribution in [0.1, 0.15) is 0 Å². The van der Waals surface area contributed by atoms with Crippen LogP contribution in [-0.2, 0) is 0 Å². The van der Waals surface area contributed by atoms with E-state index in [2.05, 4.69) is 132 Å². The van der Waals surface area contributed by atoms with E-state index < -0.39 is 0 Å². The Morgan fingerprint density at radius 2 is 0.956 bits per heavy atom. The molecule has 0 unspecified atom stereocenters. The van der Waals surface area contributed by atoms with Gasteiger partial charge in [-0.15, -0.1) is 0 Å². The number of hydrogen-bond acceptors (Lipinski definition) is 2. The third-order valence-corrected chi connectivity index (χ3v) is 9.74. The van der Waals surface area contributed by atoms with E-state index >= 15 is 0 Å². The Labute approximate surface area is 256 Å². The van der Waals surface area contributed by atoms with E-state index in [1.165, 1.54) is 59.7 Å². The molecule has 0 aliphatic carbocycles. The molecule has 208 valence electrons. The number of nitrogens with zero attached hydrogens (tertiary/aromatic N) is 1. The van der Waals surface area contributed by atoms with Crippen molar-refractivity contribution in [1.82, 2.24) is 4.57 Å². The van der Waals surface area contributed by atoms with E-state index in [1.54, 1.807) is 0 Å². The van der Waals surface area contributed by atoms with Crippen molar-refractivity contribution in [2.45, 2.75) is 0 Å². The van der Waals surface area contributed by atoms with Crippen molar-refractivity contribution in [3.63, 3.8) is 0 Å². The summed E-state index contributed by atoms with van der Waals surface area (Å²) in [5, 5.41) is 12.1. The van der Waals surface area contributed by atoms with Gasteiger partial charge in [0.1, 0.15) is 22.3 Å². The minimum atomic E-state index is 0.905. The van der Waals surface area contributed by atoms with Crippen LogP contribution in [-0.4, -0.2) is 4.57 Å². The van der Waals surface area contributed by atoms with Gasteiger partial charge in [0.05, 0.1) is 11.0 Å². The molecule has 45 heavy (non-hydrogen) atoms. The molecule has 3 heterocycles. The smallest absolute Gasteiger partial charge is 0.136 e. The van der Waals surface area contributed by atoms with E-state index in [1.807, 2.05) is 12.1 Å².